The molecule has 3 heterocycles. The Kier molecular flexibility index (Phi) is 5.59. The molecule has 0 radical (unpaired) electrons. The number of amides is 1. The molecule has 3 atom stereocenters. The lowest BCUT2D eigenvalue weighted by Crippen LogP contribution is -2.61. The van der Waals surface area contributed by atoms with Gasteiger partial charge in [0, 0.05) is 31.7 Å². The molecule has 1 aliphatic heterocycles. The quantitative estimate of drug-likeness (QED) is 0.684. The van der Waals surface area contributed by atoms with Crippen molar-refractivity contribution >= 4 is 17.5 Å². The first kappa shape index (κ1) is 22.6. The van der Waals surface area contributed by atoms with E-state index in [1.807, 2.05) is 30.3 Å². The summed E-state index contributed by atoms with van der Waals surface area (Å²) >= 11 is 0. The molecule has 8 nitrogen and oxygen atoms in total. The Morgan fingerprint density at radius 1 is 1.11 bits per heavy atom. The maximum absolute atomic E-state index is 13.2. The van der Waals surface area contributed by atoms with E-state index in [2.05, 4.69) is 27.0 Å². The summed E-state index contributed by atoms with van der Waals surface area (Å²) in [6.07, 6.45) is 6.60. The van der Waals surface area contributed by atoms with Crippen LogP contribution in [-0.4, -0.2) is 65.4 Å². The van der Waals surface area contributed by atoms with Crippen LogP contribution in [-0.2, 0) is 0 Å². The van der Waals surface area contributed by atoms with E-state index < -0.39 is 5.60 Å². The van der Waals surface area contributed by atoms with Gasteiger partial charge in [-0.05, 0) is 81.0 Å². The highest BCUT2D eigenvalue weighted by Gasteiger charge is 2.55. The van der Waals surface area contributed by atoms with Crippen molar-refractivity contribution in [2.24, 2.45) is 17.8 Å². The van der Waals surface area contributed by atoms with Gasteiger partial charge in [-0.2, -0.15) is 0 Å². The lowest BCUT2D eigenvalue weighted by atomic mass is 9.52. The van der Waals surface area contributed by atoms with Gasteiger partial charge in [-0.15, -0.1) is 0 Å². The topological polar surface area (TPSA) is 90.8 Å². The minimum absolute atomic E-state index is 0.0926. The van der Waals surface area contributed by atoms with Crippen molar-refractivity contribution in [1.29, 1.82) is 0 Å². The number of anilines is 2. The lowest BCUT2D eigenvalue weighted by molar-refractivity contribution is -0.136. The maximum Gasteiger partial charge on any atom is 0.270 e. The monoisotopic (exact) mass is 477 g/mol. The molecule has 4 bridgehead atoms. The Bertz CT molecular complexity index is 1080. The van der Waals surface area contributed by atoms with Crippen molar-refractivity contribution in [3.63, 3.8) is 0 Å². The molecule has 1 saturated heterocycles. The molecule has 8 heteroatoms. The number of ether oxygens (including phenoxy) is 1. The highest BCUT2D eigenvalue weighted by atomic mass is 16.5. The largest absolute Gasteiger partial charge is 0.495 e. The van der Waals surface area contributed by atoms with E-state index in [0.29, 0.717) is 23.4 Å². The molecule has 0 spiro atoms. The molecular formula is C27H35N5O3. The normalized spacial score (nSPS) is 33.6. The first-order valence-electron chi connectivity index (χ1n) is 12.9. The van der Waals surface area contributed by atoms with Gasteiger partial charge in [-0.1, -0.05) is 6.07 Å². The molecule has 3 unspecified atom stereocenters. The van der Waals surface area contributed by atoms with E-state index in [4.69, 9.17) is 9.72 Å². The third-order valence-corrected chi connectivity index (χ3v) is 8.71. The van der Waals surface area contributed by atoms with Gasteiger partial charge >= 0.3 is 0 Å². The molecule has 35 heavy (non-hydrogen) atoms. The van der Waals surface area contributed by atoms with Gasteiger partial charge in [0.05, 0.1) is 18.9 Å². The molecule has 7 rings (SSSR count). The second-order valence-electron chi connectivity index (χ2n) is 11.1. The van der Waals surface area contributed by atoms with E-state index in [1.54, 1.807) is 13.3 Å². The number of aliphatic hydroxyl groups is 1. The number of carbonyl (C=O) groups excluding carboxylic acids is 1. The summed E-state index contributed by atoms with van der Waals surface area (Å²) < 4.78 is 5.22. The van der Waals surface area contributed by atoms with Gasteiger partial charge in [0.1, 0.15) is 23.1 Å². The second kappa shape index (κ2) is 8.66. The van der Waals surface area contributed by atoms with Crippen molar-refractivity contribution in [1.82, 2.24) is 15.3 Å². The Labute approximate surface area is 206 Å². The Morgan fingerprint density at radius 3 is 2.57 bits per heavy atom. The minimum Gasteiger partial charge on any atom is -0.495 e. The van der Waals surface area contributed by atoms with Crippen LogP contribution >= 0.6 is 0 Å². The van der Waals surface area contributed by atoms with Crippen molar-refractivity contribution in [2.45, 2.75) is 56.7 Å². The van der Waals surface area contributed by atoms with E-state index in [9.17, 15) is 9.90 Å². The van der Waals surface area contributed by atoms with E-state index in [0.717, 1.165) is 69.1 Å². The number of nitrogens with zero attached hydrogens (tertiary/aromatic N) is 4. The van der Waals surface area contributed by atoms with Crippen molar-refractivity contribution in [3.8, 4) is 5.75 Å². The Hall–Kier alpha value is -2.87. The lowest BCUT2D eigenvalue weighted by Gasteiger charge is -2.58. The molecule has 2 aromatic heterocycles. The van der Waals surface area contributed by atoms with E-state index in [1.165, 1.54) is 0 Å². The summed E-state index contributed by atoms with van der Waals surface area (Å²) in [5, 5.41) is 14.2. The molecule has 2 aromatic rings. The molecule has 4 aliphatic carbocycles. The summed E-state index contributed by atoms with van der Waals surface area (Å²) in [6, 6.07) is 10.0. The average Bonchev–Trinajstić information content (AvgIpc) is 2.85. The average molecular weight is 478 g/mol. The van der Waals surface area contributed by atoms with Gasteiger partial charge in [0.25, 0.3) is 5.91 Å². The zero-order valence-corrected chi connectivity index (χ0v) is 20.6. The van der Waals surface area contributed by atoms with Crippen LogP contribution in [0.25, 0.3) is 0 Å². The molecule has 5 aliphatic rings. The number of hydrogen-bond acceptors (Lipinski definition) is 7. The summed E-state index contributed by atoms with van der Waals surface area (Å²) in [6.45, 7) is 4.65. The van der Waals surface area contributed by atoms with Crippen LogP contribution in [0.5, 0.6) is 5.75 Å². The van der Waals surface area contributed by atoms with Gasteiger partial charge in [0.2, 0.25) is 0 Å². The van der Waals surface area contributed by atoms with Crippen LogP contribution in [0.1, 0.15) is 49.5 Å². The van der Waals surface area contributed by atoms with Crippen LogP contribution in [0.3, 0.4) is 0 Å². The van der Waals surface area contributed by atoms with Crippen molar-refractivity contribution < 1.29 is 14.6 Å². The smallest absolute Gasteiger partial charge is 0.270 e. The summed E-state index contributed by atoms with van der Waals surface area (Å²) in [5.41, 5.74) is -0.0170. The number of piperazine rings is 1. The van der Waals surface area contributed by atoms with E-state index >= 15 is 0 Å². The molecule has 1 amide bonds. The zero-order valence-electron chi connectivity index (χ0n) is 20.6. The number of pyridine rings is 2. The molecule has 0 aromatic carbocycles. The van der Waals surface area contributed by atoms with Crippen LogP contribution in [0, 0.1) is 17.8 Å². The summed E-state index contributed by atoms with van der Waals surface area (Å²) in [5.74, 6) is 3.84. The third-order valence-electron chi connectivity index (χ3n) is 8.71. The summed E-state index contributed by atoms with van der Waals surface area (Å²) in [7, 11) is 1.64. The van der Waals surface area contributed by atoms with Gasteiger partial charge in [0.15, 0.2) is 0 Å². The molecule has 186 valence electrons. The second-order valence-corrected chi connectivity index (χ2v) is 11.1. The fourth-order valence-electron chi connectivity index (χ4n) is 7.34. The van der Waals surface area contributed by atoms with Crippen LogP contribution < -0.4 is 19.9 Å². The van der Waals surface area contributed by atoms with Crippen LogP contribution in [0.15, 0.2) is 36.5 Å². The predicted molar refractivity (Wildman–Crippen MR) is 134 cm³/mol. The maximum atomic E-state index is 13.2. The number of aromatic nitrogens is 2. The minimum atomic E-state index is -0.491. The predicted octanol–water partition coefficient (Wildman–Crippen LogP) is 2.87. The van der Waals surface area contributed by atoms with E-state index in [-0.39, 0.29) is 18.0 Å². The first-order valence-corrected chi connectivity index (χ1v) is 12.9. The van der Waals surface area contributed by atoms with Crippen LogP contribution in [0.2, 0.25) is 0 Å². The number of carbonyl (C=O) groups is 1. The summed E-state index contributed by atoms with van der Waals surface area (Å²) in [4.78, 5) is 27.1. The number of hydrogen-bond donors (Lipinski definition) is 2. The van der Waals surface area contributed by atoms with Gasteiger partial charge in [-0.3, -0.25) is 4.79 Å². The number of methoxy groups -OCH3 is 1. The van der Waals surface area contributed by atoms with Crippen molar-refractivity contribution in [3.05, 3.63) is 42.2 Å². The highest BCUT2D eigenvalue weighted by Crippen LogP contribution is 2.55. The third kappa shape index (κ3) is 4.22. The Balaban J connectivity index is 1.12. The Morgan fingerprint density at radius 2 is 1.91 bits per heavy atom. The fourth-order valence-corrected chi connectivity index (χ4v) is 7.34. The molecule has 5 fully saturated rings. The van der Waals surface area contributed by atoms with Gasteiger partial charge in [-0.25, -0.2) is 9.97 Å². The number of rotatable bonds is 5. The fraction of sp³-hybridized carbons (Fsp3) is 0.593. The van der Waals surface area contributed by atoms with Gasteiger partial charge < -0.3 is 25.0 Å². The highest BCUT2D eigenvalue weighted by molar-refractivity contribution is 5.93. The molecule has 4 saturated carbocycles. The standard InChI is InChI=1S/C27H35N5O3/c1-17-16-31(23-7-6-21(35-2)15-28-23)8-9-32(17)24-5-3-4-22(29-24)26(33)30-25-19-10-18-11-20(25)14-27(34,12-18)13-19/h3-7,15,17-20,25,34H,8-14,16H2,1-2H3,(H,30,33). The zero-order chi connectivity index (χ0) is 24.2. The number of nitrogens with one attached hydrogen (secondary N) is 1. The van der Waals surface area contributed by atoms with Crippen LogP contribution in [0.4, 0.5) is 11.6 Å². The first-order chi connectivity index (χ1) is 16.9. The molecule has 2 N–H and O–H groups in total. The van der Waals surface area contributed by atoms with Crippen molar-refractivity contribution in [2.75, 3.05) is 36.5 Å². The molecular weight excluding hydrogens is 442 g/mol. The SMILES string of the molecule is COc1ccc(N2CCN(c3cccc(C(=O)NC4C5CC6CC4CC(O)(C6)C5)n3)C(C)C2)nc1.